The minimum atomic E-state index is -1.50. The maximum absolute atomic E-state index is 11.5. The molecule has 0 atom stereocenters. The van der Waals surface area contributed by atoms with Crippen molar-refractivity contribution >= 4 is 28.5 Å². The van der Waals surface area contributed by atoms with Crippen molar-refractivity contribution in [3.8, 4) is 5.75 Å². The lowest BCUT2D eigenvalue weighted by molar-refractivity contribution is 0.0692. The van der Waals surface area contributed by atoms with Crippen LogP contribution in [0.4, 0.5) is 0 Å². The fourth-order valence-electron chi connectivity index (χ4n) is 1.68. The summed E-state index contributed by atoms with van der Waals surface area (Å²) in [6.45, 7) is 1.72. The third kappa shape index (κ3) is 1.64. The minimum Gasteiger partial charge on any atom is -0.506 e. The van der Waals surface area contributed by atoms with Crippen LogP contribution in [-0.4, -0.2) is 21.2 Å². The van der Waals surface area contributed by atoms with E-state index in [2.05, 4.69) is 4.98 Å². The summed E-state index contributed by atoms with van der Waals surface area (Å²) in [5.74, 6) is -2.10. The smallest absolute Gasteiger partial charge is 0.345 e. The average Bonchev–Trinajstić information content (AvgIpc) is 2.22. The molecule has 0 bridgehead atoms. The minimum absolute atomic E-state index is 0.142. The second kappa shape index (κ2) is 3.78. The van der Waals surface area contributed by atoms with Gasteiger partial charge in [0.1, 0.15) is 5.75 Å². The fourth-order valence-corrected chi connectivity index (χ4v) is 1.93. The van der Waals surface area contributed by atoms with Crippen LogP contribution in [0, 0.1) is 6.92 Å². The molecule has 88 valence electrons. The number of carboxylic acid groups (broad SMARTS) is 1. The second-order valence-corrected chi connectivity index (χ2v) is 4.00. The predicted octanol–water partition coefficient (Wildman–Crippen LogP) is 1.89. The first-order valence-corrected chi connectivity index (χ1v) is 5.08. The molecule has 17 heavy (non-hydrogen) atoms. The van der Waals surface area contributed by atoms with Crippen molar-refractivity contribution in [3.05, 3.63) is 38.6 Å². The SMILES string of the molecule is Cc1ccc(Cl)c2c(O)c(C(=O)O)c(=O)[nH]c12. The van der Waals surface area contributed by atoms with E-state index in [1.807, 2.05) is 0 Å². The molecule has 2 aromatic rings. The Hall–Kier alpha value is -2.01. The monoisotopic (exact) mass is 253 g/mol. The Bertz CT molecular complexity index is 690. The summed E-state index contributed by atoms with van der Waals surface area (Å²) in [5, 5.41) is 19.0. The van der Waals surface area contributed by atoms with Gasteiger partial charge in [0.2, 0.25) is 0 Å². The molecule has 0 unspecified atom stereocenters. The zero-order valence-corrected chi connectivity index (χ0v) is 9.50. The van der Waals surface area contributed by atoms with Crippen molar-refractivity contribution < 1.29 is 15.0 Å². The van der Waals surface area contributed by atoms with E-state index in [0.29, 0.717) is 11.1 Å². The topological polar surface area (TPSA) is 90.4 Å². The first-order valence-electron chi connectivity index (χ1n) is 4.71. The average molecular weight is 254 g/mol. The van der Waals surface area contributed by atoms with Gasteiger partial charge in [-0.05, 0) is 18.6 Å². The first kappa shape index (κ1) is 11.5. The van der Waals surface area contributed by atoms with Gasteiger partial charge in [0, 0.05) is 0 Å². The first-order chi connectivity index (χ1) is 7.93. The summed E-state index contributed by atoms with van der Waals surface area (Å²) in [6, 6.07) is 3.20. The van der Waals surface area contributed by atoms with Crippen molar-refractivity contribution in [3.63, 3.8) is 0 Å². The van der Waals surface area contributed by atoms with Crippen molar-refractivity contribution in [1.29, 1.82) is 0 Å². The lowest BCUT2D eigenvalue weighted by Crippen LogP contribution is -2.18. The number of aromatic amines is 1. The van der Waals surface area contributed by atoms with Crippen LogP contribution in [0.2, 0.25) is 5.02 Å². The van der Waals surface area contributed by atoms with Crippen molar-refractivity contribution in [2.75, 3.05) is 0 Å². The highest BCUT2D eigenvalue weighted by atomic mass is 35.5. The van der Waals surface area contributed by atoms with E-state index in [0.717, 1.165) is 0 Å². The number of aromatic nitrogens is 1. The molecular weight excluding hydrogens is 246 g/mol. The largest absolute Gasteiger partial charge is 0.506 e. The van der Waals surface area contributed by atoms with Gasteiger partial charge in [-0.2, -0.15) is 0 Å². The number of rotatable bonds is 1. The van der Waals surface area contributed by atoms with E-state index < -0.39 is 22.8 Å². The van der Waals surface area contributed by atoms with E-state index in [4.69, 9.17) is 16.7 Å². The molecule has 1 aromatic carbocycles. The van der Waals surface area contributed by atoms with Crippen LogP contribution >= 0.6 is 11.6 Å². The van der Waals surface area contributed by atoms with Gasteiger partial charge in [0.15, 0.2) is 5.56 Å². The van der Waals surface area contributed by atoms with E-state index in [9.17, 15) is 14.7 Å². The molecule has 5 nitrogen and oxygen atoms in total. The Morgan fingerprint density at radius 3 is 2.65 bits per heavy atom. The van der Waals surface area contributed by atoms with Crippen molar-refractivity contribution in [2.45, 2.75) is 6.92 Å². The number of aromatic hydroxyl groups is 1. The van der Waals surface area contributed by atoms with Crippen LogP contribution in [0.25, 0.3) is 10.9 Å². The number of aryl methyl sites for hydroxylation is 1. The maximum atomic E-state index is 11.5. The molecule has 0 saturated heterocycles. The highest BCUT2D eigenvalue weighted by Crippen LogP contribution is 2.32. The molecule has 2 rings (SSSR count). The van der Waals surface area contributed by atoms with Gasteiger partial charge in [0.25, 0.3) is 5.56 Å². The van der Waals surface area contributed by atoms with E-state index in [1.54, 1.807) is 13.0 Å². The molecule has 0 saturated carbocycles. The summed E-state index contributed by atoms with van der Waals surface area (Å²) in [4.78, 5) is 24.8. The Morgan fingerprint density at radius 2 is 2.06 bits per heavy atom. The zero-order chi connectivity index (χ0) is 12.7. The number of hydrogen-bond donors (Lipinski definition) is 3. The zero-order valence-electron chi connectivity index (χ0n) is 8.74. The summed E-state index contributed by atoms with van der Waals surface area (Å²) in [6.07, 6.45) is 0. The molecular formula is C11H8ClNO4. The predicted molar refractivity (Wildman–Crippen MR) is 62.9 cm³/mol. The van der Waals surface area contributed by atoms with Crippen LogP contribution in [0.15, 0.2) is 16.9 Å². The number of carboxylic acids is 1. The Morgan fingerprint density at radius 1 is 1.41 bits per heavy atom. The molecule has 1 aromatic heterocycles. The number of pyridine rings is 1. The van der Waals surface area contributed by atoms with Gasteiger partial charge in [-0.25, -0.2) is 4.79 Å². The third-order valence-corrected chi connectivity index (χ3v) is 2.83. The van der Waals surface area contributed by atoms with E-state index in [1.165, 1.54) is 6.07 Å². The maximum Gasteiger partial charge on any atom is 0.345 e. The normalized spacial score (nSPS) is 10.7. The lowest BCUT2D eigenvalue weighted by atomic mass is 10.1. The third-order valence-electron chi connectivity index (χ3n) is 2.52. The van der Waals surface area contributed by atoms with Crippen LogP contribution in [0.5, 0.6) is 5.75 Å². The number of benzene rings is 1. The number of fused-ring (bicyclic) bond motifs is 1. The summed E-state index contributed by atoms with van der Waals surface area (Å²) in [7, 11) is 0. The van der Waals surface area contributed by atoms with Crippen LogP contribution in [-0.2, 0) is 0 Å². The van der Waals surface area contributed by atoms with Gasteiger partial charge in [-0.3, -0.25) is 4.79 Å². The second-order valence-electron chi connectivity index (χ2n) is 3.60. The standard InChI is InChI=1S/C11H8ClNO4/c1-4-2-3-5(12)6-8(4)13-10(15)7(9(6)14)11(16)17/h2-3H,1H3,(H,16,17)(H2,13,14,15). The number of halogens is 1. The Kier molecular flexibility index (Phi) is 2.55. The molecule has 6 heteroatoms. The van der Waals surface area contributed by atoms with E-state index in [-0.39, 0.29) is 10.4 Å². The van der Waals surface area contributed by atoms with Crippen LogP contribution < -0.4 is 5.56 Å². The molecule has 0 aliphatic rings. The quantitative estimate of drug-likeness (QED) is 0.724. The molecule has 1 heterocycles. The molecule has 3 N–H and O–H groups in total. The molecule has 0 spiro atoms. The van der Waals surface area contributed by atoms with Gasteiger partial charge in [-0.1, -0.05) is 17.7 Å². The van der Waals surface area contributed by atoms with Gasteiger partial charge >= 0.3 is 5.97 Å². The van der Waals surface area contributed by atoms with E-state index >= 15 is 0 Å². The molecule has 0 fully saturated rings. The van der Waals surface area contributed by atoms with Gasteiger partial charge in [0.05, 0.1) is 15.9 Å². The highest BCUT2D eigenvalue weighted by Gasteiger charge is 2.20. The molecule has 0 amide bonds. The number of carbonyl (C=O) groups is 1. The summed E-state index contributed by atoms with van der Waals surface area (Å²) < 4.78 is 0. The Labute approximate surface area is 100 Å². The number of H-pyrrole nitrogens is 1. The van der Waals surface area contributed by atoms with Crippen LogP contribution in [0.3, 0.4) is 0 Å². The number of hydrogen-bond acceptors (Lipinski definition) is 3. The molecule has 0 aliphatic carbocycles. The van der Waals surface area contributed by atoms with Crippen LogP contribution in [0.1, 0.15) is 15.9 Å². The molecule has 0 aliphatic heterocycles. The fraction of sp³-hybridized carbons (Fsp3) is 0.0909. The van der Waals surface area contributed by atoms with Crippen molar-refractivity contribution in [1.82, 2.24) is 4.98 Å². The van der Waals surface area contributed by atoms with Gasteiger partial charge < -0.3 is 15.2 Å². The highest BCUT2D eigenvalue weighted by molar-refractivity contribution is 6.36. The number of nitrogens with one attached hydrogen (secondary N) is 1. The van der Waals surface area contributed by atoms with Crippen molar-refractivity contribution in [2.24, 2.45) is 0 Å². The Balaban J connectivity index is 3.08. The molecule has 0 radical (unpaired) electrons. The summed E-state index contributed by atoms with van der Waals surface area (Å²) in [5.41, 5.74) is -0.531. The summed E-state index contributed by atoms with van der Waals surface area (Å²) >= 11 is 5.89. The lowest BCUT2D eigenvalue weighted by Gasteiger charge is -2.08. The van der Waals surface area contributed by atoms with Gasteiger partial charge in [-0.15, -0.1) is 0 Å². The number of aromatic carboxylic acids is 1.